The van der Waals surface area contributed by atoms with Crippen LogP contribution >= 0.6 is 11.6 Å². The lowest BCUT2D eigenvalue weighted by Crippen LogP contribution is -2.30. The van der Waals surface area contributed by atoms with Crippen molar-refractivity contribution in [2.24, 2.45) is 0 Å². The van der Waals surface area contributed by atoms with Gasteiger partial charge < -0.3 is 46.6 Å². The normalized spacial score (nSPS) is 22.6. The summed E-state index contributed by atoms with van der Waals surface area (Å²) in [6, 6.07) is 10.0. The van der Waals surface area contributed by atoms with Gasteiger partial charge in [0.05, 0.1) is 29.4 Å². The molecule has 0 amide bonds. The molecule has 256 valence electrons. The van der Waals surface area contributed by atoms with Gasteiger partial charge in [0.1, 0.15) is 18.2 Å². The maximum absolute atomic E-state index is 10.6. The van der Waals surface area contributed by atoms with Crippen molar-refractivity contribution in [2.45, 2.75) is 94.4 Å². The highest BCUT2D eigenvalue weighted by Gasteiger charge is 2.23. The highest BCUT2D eigenvalue weighted by molar-refractivity contribution is 6.30. The third-order valence-corrected chi connectivity index (χ3v) is 8.54. The van der Waals surface area contributed by atoms with Crippen LogP contribution in [-0.2, 0) is 0 Å². The summed E-state index contributed by atoms with van der Waals surface area (Å²) in [6.45, 7) is 1.97. The van der Waals surface area contributed by atoms with Crippen LogP contribution in [0.4, 0.5) is 17.5 Å². The summed E-state index contributed by atoms with van der Waals surface area (Å²) in [4.78, 5) is 30.7. The van der Waals surface area contributed by atoms with Crippen LogP contribution in [0, 0.1) is 20.2 Å². The number of hydrogen-bond acceptors (Lipinski definition) is 12. The van der Waals surface area contributed by atoms with Gasteiger partial charge in [-0.05, 0) is 138 Å². The molecule has 6 rings (SSSR count). The van der Waals surface area contributed by atoms with Crippen LogP contribution in [0.2, 0.25) is 5.02 Å². The lowest BCUT2D eigenvalue weighted by molar-refractivity contribution is -0.389. The SMILES string of the molecule is Nc1cc(C2CCC(O)CC2)ccn1.O=[N+]([O-])c1cc(C2CCC(O)CC2)ccn1.O=[N+]([O-])c1cc(Cl)ccn1.OC1CCNCC1. The average Bonchev–Trinajstić information content (AvgIpc) is 3.07. The van der Waals surface area contributed by atoms with Gasteiger partial charge in [-0.15, -0.1) is 0 Å². The molecule has 2 saturated carbocycles. The lowest BCUT2D eigenvalue weighted by atomic mass is 9.83. The molecule has 0 aromatic carbocycles. The van der Waals surface area contributed by atoms with Gasteiger partial charge in [0.15, 0.2) is 0 Å². The third-order valence-electron chi connectivity index (χ3n) is 8.30. The summed E-state index contributed by atoms with van der Waals surface area (Å²) in [6.07, 6.45) is 13.4. The number of aromatic nitrogens is 3. The van der Waals surface area contributed by atoms with Crippen molar-refractivity contribution in [3.8, 4) is 0 Å². The lowest BCUT2D eigenvalue weighted by Gasteiger charge is -2.25. The Bertz CT molecular complexity index is 1400. The van der Waals surface area contributed by atoms with E-state index >= 15 is 0 Å². The number of aliphatic hydroxyl groups is 3. The second-order valence-electron chi connectivity index (χ2n) is 11.8. The number of hydrogen-bond donors (Lipinski definition) is 5. The summed E-state index contributed by atoms with van der Waals surface area (Å²) in [5.41, 5.74) is 7.87. The number of aliphatic hydroxyl groups excluding tert-OH is 3. The molecule has 6 N–H and O–H groups in total. The fraction of sp³-hybridized carbons (Fsp3) is 0.531. The molecule has 47 heavy (non-hydrogen) atoms. The minimum Gasteiger partial charge on any atom is -0.393 e. The molecule has 0 bridgehead atoms. The summed E-state index contributed by atoms with van der Waals surface area (Å²) >= 11 is 5.44. The third kappa shape index (κ3) is 13.8. The standard InChI is InChI=1S/C11H14N2O3.C11H16N2O.C5H3ClN2O2.C5H11NO/c14-10-3-1-8(2-4-10)9-5-6-12-11(7-9)13(15)16;12-11-7-9(5-6-13-11)8-1-3-10(14)4-2-8;6-4-1-2-7-5(3-4)8(9)10;7-5-1-3-6-4-2-5/h5-8,10,14H,1-4H2;5-8,10,14H,1-4H2,(H2,12,13);1-3H;5-7H,1-4H2. The van der Waals surface area contributed by atoms with E-state index in [0.717, 1.165) is 82.9 Å². The number of pyridine rings is 3. The first-order valence-electron chi connectivity index (χ1n) is 15.8. The smallest absolute Gasteiger partial charge is 0.364 e. The predicted molar refractivity (Wildman–Crippen MR) is 178 cm³/mol. The molecule has 1 saturated heterocycles. The Balaban J connectivity index is 0.000000177. The van der Waals surface area contributed by atoms with E-state index in [1.165, 1.54) is 30.1 Å². The molecule has 14 nitrogen and oxygen atoms in total. The number of nitrogen functional groups attached to an aromatic ring is 1. The van der Waals surface area contributed by atoms with Crippen LogP contribution in [0.5, 0.6) is 0 Å². The zero-order chi connectivity index (χ0) is 34.2. The molecule has 1 aliphatic heterocycles. The topological polar surface area (TPSA) is 224 Å². The highest BCUT2D eigenvalue weighted by atomic mass is 35.5. The van der Waals surface area contributed by atoms with Crippen molar-refractivity contribution in [1.29, 1.82) is 0 Å². The first-order chi connectivity index (χ1) is 22.5. The van der Waals surface area contributed by atoms with E-state index in [1.807, 2.05) is 18.2 Å². The largest absolute Gasteiger partial charge is 0.393 e. The minimum atomic E-state index is -0.591. The Hall–Kier alpha value is -3.82. The molecule has 3 aliphatic rings. The number of nitrogens with zero attached hydrogens (tertiary/aromatic N) is 5. The maximum atomic E-state index is 10.6. The van der Waals surface area contributed by atoms with Gasteiger partial charge in [-0.3, -0.25) is 0 Å². The summed E-state index contributed by atoms with van der Waals surface area (Å²) in [7, 11) is 0. The van der Waals surface area contributed by atoms with Crippen molar-refractivity contribution >= 4 is 29.1 Å². The Labute approximate surface area is 278 Å². The van der Waals surface area contributed by atoms with E-state index in [2.05, 4.69) is 20.3 Å². The highest BCUT2D eigenvalue weighted by Crippen LogP contribution is 2.34. The Morgan fingerprint density at radius 1 is 0.660 bits per heavy atom. The number of nitrogens with one attached hydrogen (secondary N) is 1. The van der Waals surface area contributed by atoms with Crippen LogP contribution in [0.3, 0.4) is 0 Å². The minimum absolute atomic E-state index is 0.0266. The van der Waals surface area contributed by atoms with Crippen LogP contribution in [-0.4, -0.2) is 71.5 Å². The van der Waals surface area contributed by atoms with Crippen LogP contribution in [0.25, 0.3) is 0 Å². The van der Waals surface area contributed by atoms with E-state index in [0.29, 0.717) is 22.7 Å². The van der Waals surface area contributed by atoms with Gasteiger partial charge in [-0.25, -0.2) is 4.98 Å². The molecule has 3 fully saturated rings. The average molecular weight is 674 g/mol. The van der Waals surface area contributed by atoms with Crippen molar-refractivity contribution in [2.75, 3.05) is 18.8 Å². The molecule has 15 heteroatoms. The molecule has 0 atom stereocenters. The number of rotatable bonds is 4. The van der Waals surface area contributed by atoms with E-state index < -0.39 is 9.85 Å². The quantitative estimate of drug-likeness (QED) is 0.181. The summed E-state index contributed by atoms with van der Waals surface area (Å²) in [5.74, 6) is 1.15. The van der Waals surface area contributed by atoms with Gasteiger partial charge in [0.2, 0.25) is 0 Å². The Morgan fingerprint density at radius 3 is 1.49 bits per heavy atom. The van der Waals surface area contributed by atoms with E-state index in [1.54, 1.807) is 12.3 Å². The second kappa shape index (κ2) is 19.8. The van der Waals surface area contributed by atoms with Gasteiger partial charge in [-0.1, -0.05) is 11.6 Å². The number of nitro groups is 2. The number of anilines is 1. The van der Waals surface area contributed by atoms with Crippen molar-refractivity contribution in [1.82, 2.24) is 20.3 Å². The Morgan fingerprint density at radius 2 is 1.09 bits per heavy atom. The molecule has 0 unspecified atom stereocenters. The molecule has 3 aromatic rings. The van der Waals surface area contributed by atoms with E-state index in [9.17, 15) is 30.4 Å². The van der Waals surface area contributed by atoms with Crippen molar-refractivity contribution in [3.63, 3.8) is 0 Å². The van der Waals surface area contributed by atoms with Crippen LogP contribution in [0.1, 0.15) is 87.2 Å². The maximum Gasteiger partial charge on any atom is 0.364 e. The summed E-state index contributed by atoms with van der Waals surface area (Å²) in [5, 5.41) is 51.8. The van der Waals surface area contributed by atoms with Gasteiger partial charge >= 0.3 is 11.6 Å². The molecule has 4 heterocycles. The number of nitrogens with two attached hydrogens (primary N) is 1. The van der Waals surface area contributed by atoms with Crippen molar-refractivity contribution in [3.05, 3.63) is 91.4 Å². The van der Waals surface area contributed by atoms with Crippen LogP contribution < -0.4 is 11.1 Å². The van der Waals surface area contributed by atoms with Crippen LogP contribution in [0.15, 0.2) is 55.0 Å². The molecule has 0 radical (unpaired) electrons. The first kappa shape index (κ1) is 37.6. The van der Waals surface area contributed by atoms with E-state index in [4.69, 9.17) is 22.4 Å². The van der Waals surface area contributed by atoms with Crippen molar-refractivity contribution < 1.29 is 25.2 Å². The first-order valence-corrected chi connectivity index (χ1v) is 16.2. The molecular weight excluding hydrogens is 630 g/mol. The predicted octanol–water partition coefficient (Wildman–Crippen LogP) is 5.06. The number of halogens is 1. The van der Waals surface area contributed by atoms with E-state index in [-0.39, 0.29) is 29.9 Å². The molecular formula is C32H44ClN7O7. The van der Waals surface area contributed by atoms with Gasteiger partial charge in [0, 0.05) is 18.3 Å². The number of piperidine rings is 1. The van der Waals surface area contributed by atoms with Gasteiger partial charge in [0.25, 0.3) is 0 Å². The zero-order valence-corrected chi connectivity index (χ0v) is 27.0. The molecule has 3 aromatic heterocycles. The van der Waals surface area contributed by atoms with Gasteiger partial charge in [-0.2, -0.15) is 0 Å². The monoisotopic (exact) mass is 673 g/mol. The Kier molecular flexibility index (Phi) is 15.8. The molecule has 2 aliphatic carbocycles. The fourth-order valence-corrected chi connectivity index (χ4v) is 5.78. The fourth-order valence-electron chi connectivity index (χ4n) is 5.63. The molecule has 0 spiro atoms. The summed E-state index contributed by atoms with van der Waals surface area (Å²) < 4.78 is 0. The second-order valence-corrected chi connectivity index (χ2v) is 12.2. The zero-order valence-electron chi connectivity index (χ0n) is 26.2.